The van der Waals surface area contributed by atoms with E-state index < -0.39 is 18.6 Å². The Bertz CT molecular complexity index is 1350. The van der Waals surface area contributed by atoms with Gasteiger partial charge in [0, 0.05) is 17.5 Å². The van der Waals surface area contributed by atoms with Gasteiger partial charge in [-0.3, -0.25) is 9.69 Å². The zero-order valence-corrected chi connectivity index (χ0v) is 20.2. The highest BCUT2D eigenvalue weighted by Gasteiger charge is 2.30. The standard InChI is InChI=1S/C30H24ClNO4/c31-23-15-13-22(14-16-23)21-11-9-20(10-12-21)17-32(18-29(33)34)30(35)36-19-28-26-7-3-1-5-24(26)25-6-2-4-8-27(25)28/h1-16,28H,17-19H2,(H,33,34). The van der Waals surface area contributed by atoms with E-state index in [2.05, 4.69) is 12.1 Å². The number of hydrogen-bond acceptors (Lipinski definition) is 3. The molecule has 0 atom stereocenters. The number of carbonyl (C=O) groups excluding carboxylic acids is 1. The van der Waals surface area contributed by atoms with Gasteiger partial charge in [0.25, 0.3) is 0 Å². The molecule has 36 heavy (non-hydrogen) atoms. The van der Waals surface area contributed by atoms with Crippen LogP contribution in [0.25, 0.3) is 22.3 Å². The van der Waals surface area contributed by atoms with Gasteiger partial charge in [0.2, 0.25) is 0 Å². The zero-order valence-electron chi connectivity index (χ0n) is 19.4. The van der Waals surface area contributed by atoms with Crippen LogP contribution in [0.2, 0.25) is 5.02 Å². The van der Waals surface area contributed by atoms with Crippen molar-refractivity contribution in [2.75, 3.05) is 13.2 Å². The molecule has 4 aromatic rings. The van der Waals surface area contributed by atoms with E-state index >= 15 is 0 Å². The second-order valence-corrected chi connectivity index (χ2v) is 9.19. The van der Waals surface area contributed by atoms with Crippen LogP contribution in [0.15, 0.2) is 97.1 Å². The van der Waals surface area contributed by atoms with Gasteiger partial charge in [0.05, 0.1) is 0 Å². The van der Waals surface area contributed by atoms with Crippen LogP contribution in [0, 0.1) is 0 Å². The van der Waals surface area contributed by atoms with Crippen molar-refractivity contribution in [3.8, 4) is 22.3 Å². The third kappa shape index (κ3) is 4.97. The number of carboxylic acids is 1. The van der Waals surface area contributed by atoms with Crippen molar-refractivity contribution in [3.63, 3.8) is 0 Å². The normalized spacial score (nSPS) is 12.0. The van der Waals surface area contributed by atoms with Crippen LogP contribution < -0.4 is 0 Å². The number of ether oxygens (including phenoxy) is 1. The summed E-state index contributed by atoms with van der Waals surface area (Å²) in [6.07, 6.45) is -0.652. The van der Waals surface area contributed by atoms with Crippen molar-refractivity contribution in [3.05, 3.63) is 119 Å². The number of benzene rings is 4. The Morgan fingerprint density at radius 1 is 0.778 bits per heavy atom. The number of halogens is 1. The molecule has 0 spiro atoms. The SMILES string of the molecule is O=C(O)CN(Cc1ccc(-c2ccc(Cl)cc2)cc1)C(=O)OCC1c2ccccc2-c2ccccc21. The molecule has 0 saturated heterocycles. The van der Waals surface area contributed by atoms with E-state index in [0.29, 0.717) is 5.02 Å². The zero-order chi connectivity index (χ0) is 25.1. The molecular formula is C30H24ClNO4. The summed E-state index contributed by atoms with van der Waals surface area (Å²) >= 11 is 5.97. The van der Waals surface area contributed by atoms with Crippen molar-refractivity contribution < 1.29 is 19.4 Å². The first kappa shape index (κ1) is 23.6. The van der Waals surface area contributed by atoms with Gasteiger partial charge in [-0.15, -0.1) is 0 Å². The largest absolute Gasteiger partial charge is 0.480 e. The molecule has 0 fully saturated rings. The predicted octanol–water partition coefficient (Wildman–Crippen LogP) is 6.84. The summed E-state index contributed by atoms with van der Waals surface area (Å²) in [5.74, 6) is -1.19. The van der Waals surface area contributed by atoms with Gasteiger partial charge < -0.3 is 9.84 Å². The van der Waals surface area contributed by atoms with Crippen LogP contribution >= 0.6 is 11.6 Å². The molecule has 5 rings (SSSR count). The van der Waals surface area contributed by atoms with Crippen LogP contribution in [0.3, 0.4) is 0 Å². The Hall–Kier alpha value is -4.09. The van der Waals surface area contributed by atoms with Crippen molar-refractivity contribution >= 4 is 23.7 Å². The monoisotopic (exact) mass is 497 g/mol. The molecule has 0 radical (unpaired) electrons. The Labute approximate surface area is 214 Å². The summed E-state index contributed by atoms with van der Waals surface area (Å²) in [6.45, 7) is -0.183. The lowest BCUT2D eigenvalue weighted by Gasteiger charge is -2.22. The minimum atomic E-state index is -1.10. The lowest BCUT2D eigenvalue weighted by Crippen LogP contribution is -2.36. The van der Waals surface area contributed by atoms with E-state index in [1.54, 1.807) is 0 Å². The van der Waals surface area contributed by atoms with Crippen LogP contribution in [-0.2, 0) is 16.1 Å². The van der Waals surface area contributed by atoms with Crippen LogP contribution in [-0.4, -0.2) is 35.2 Å². The molecule has 0 unspecified atom stereocenters. The summed E-state index contributed by atoms with van der Waals surface area (Å²) in [5, 5.41) is 10.1. The van der Waals surface area contributed by atoms with E-state index in [4.69, 9.17) is 16.3 Å². The molecule has 4 aromatic carbocycles. The number of aliphatic carboxylic acids is 1. The molecule has 0 heterocycles. The molecule has 5 nitrogen and oxygen atoms in total. The number of carboxylic acid groups (broad SMARTS) is 1. The first-order valence-electron chi connectivity index (χ1n) is 11.7. The second-order valence-electron chi connectivity index (χ2n) is 8.76. The smallest absolute Gasteiger partial charge is 0.410 e. The number of nitrogens with zero attached hydrogens (tertiary/aromatic N) is 1. The van der Waals surface area contributed by atoms with E-state index in [1.165, 1.54) is 4.90 Å². The highest BCUT2D eigenvalue weighted by molar-refractivity contribution is 6.30. The number of carbonyl (C=O) groups is 2. The molecule has 1 aliphatic rings. The lowest BCUT2D eigenvalue weighted by atomic mass is 9.98. The molecule has 0 bridgehead atoms. The summed E-state index contributed by atoms with van der Waals surface area (Å²) in [6, 6.07) is 31.4. The third-order valence-corrected chi connectivity index (χ3v) is 6.68. The van der Waals surface area contributed by atoms with Gasteiger partial charge >= 0.3 is 12.1 Å². The average Bonchev–Trinajstić information content (AvgIpc) is 3.21. The highest BCUT2D eigenvalue weighted by Crippen LogP contribution is 2.44. The minimum Gasteiger partial charge on any atom is -0.480 e. The van der Waals surface area contributed by atoms with Crippen molar-refractivity contribution in [2.24, 2.45) is 0 Å². The van der Waals surface area contributed by atoms with Crippen molar-refractivity contribution in [1.82, 2.24) is 4.90 Å². The Kier molecular flexibility index (Phi) is 6.74. The first-order valence-corrected chi connectivity index (χ1v) is 12.0. The maximum absolute atomic E-state index is 13.0. The quantitative estimate of drug-likeness (QED) is 0.303. The number of fused-ring (bicyclic) bond motifs is 3. The van der Waals surface area contributed by atoms with Crippen LogP contribution in [0.4, 0.5) is 4.79 Å². The van der Waals surface area contributed by atoms with Gasteiger partial charge in [-0.25, -0.2) is 4.79 Å². The highest BCUT2D eigenvalue weighted by atomic mass is 35.5. The molecular weight excluding hydrogens is 474 g/mol. The minimum absolute atomic E-state index is 0.0910. The average molecular weight is 498 g/mol. The van der Waals surface area contributed by atoms with Crippen LogP contribution in [0.5, 0.6) is 0 Å². The number of amides is 1. The number of rotatable bonds is 7. The Morgan fingerprint density at radius 2 is 1.31 bits per heavy atom. The first-order chi connectivity index (χ1) is 17.5. The molecule has 0 aliphatic heterocycles. The Morgan fingerprint density at radius 3 is 1.86 bits per heavy atom. The molecule has 0 aromatic heterocycles. The third-order valence-electron chi connectivity index (χ3n) is 6.43. The molecule has 1 amide bonds. The second kappa shape index (κ2) is 10.3. The number of hydrogen-bond donors (Lipinski definition) is 1. The summed E-state index contributed by atoms with van der Waals surface area (Å²) in [5.41, 5.74) is 7.31. The molecule has 6 heteroatoms. The van der Waals surface area contributed by atoms with E-state index in [0.717, 1.165) is 38.9 Å². The van der Waals surface area contributed by atoms with E-state index in [9.17, 15) is 14.7 Å². The van der Waals surface area contributed by atoms with E-state index in [-0.39, 0.29) is 19.1 Å². The van der Waals surface area contributed by atoms with Crippen molar-refractivity contribution in [2.45, 2.75) is 12.5 Å². The molecule has 1 aliphatic carbocycles. The Balaban J connectivity index is 1.29. The van der Waals surface area contributed by atoms with Gasteiger partial charge in [0.1, 0.15) is 13.2 Å². The maximum Gasteiger partial charge on any atom is 0.410 e. The summed E-state index contributed by atoms with van der Waals surface area (Å²) in [4.78, 5) is 25.7. The molecule has 0 saturated carbocycles. The van der Waals surface area contributed by atoms with Crippen LogP contribution in [0.1, 0.15) is 22.6 Å². The fourth-order valence-corrected chi connectivity index (χ4v) is 4.82. The fraction of sp³-hybridized carbons (Fsp3) is 0.133. The van der Waals surface area contributed by atoms with Gasteiger partial charge in [0.15, 0.2) is 0 Å². The summed E-state index contributed by atoms with van der Waals surface area (Å²) < 4.78 is 5.69. The van der Waals surface area contributed by atoms with Crippen molar-refractivity contribution in [1.29, 1.82) is 0 Å². The fourth-order valence-electron chi connectivity index (χ4n) is 4.70. The topological polar surface area (TPSA) is 66.8 Å². The predicted molar refractivity (Wildman–Crippen MR) is 140 cm³/mol. The molecule has 1 N–H and O–H groups in total. The summed E-state index contributed by atoms with van der Waals surface area (Å²) in [7, 11) is 0. The lowest BCUT2D eigenvalue weighted by molar-refractivity contribution is -0.138. The maximum atomic E-state index is 13.0. The van der Waals surface area contributed by atoms with Gasteiger partial charge in [-0.05, 0) is 51.1 Å². The molecule has 180 valence electrons. The van der Waals surface area contributed by atoms with E-state index in [1.807, 2.05) is 84.9 Å². The van der Waals surface area contributed by atoms with Gasteiger partial charge in [-0.1, -0.05) is 96.5 Å². The van der Waals surface area contributed by atoms with Gasteiger partial charge in [-0.2, -0.15) is 0 Å².